The first-order chi connectivity index (χ1) is 11.3. The Labute approximate surface area is 135 Å². The van der Waals surface area contributed by atoms with Gasteiger partial charge < -0.3 is 9.32 Å². The smallest absolute Gasteiger partial charge is 0.336 e. The molecule has 0 spiro atoms. The minimum atomic E-state index is -0.239. The Balaban J connectivity index is 1.86. The molecule has 3 aromatic rings. The van der Waals surface area contributed by atoms with Gasteiger partial charge in [-0.2, -0.15) is 0 Å². The Bertz CT molecular complexity index is 889. The molecule has 2 heterocycles. The van der Waals surface area contributed by atoms with E-state index < -0.39 is 0 Å². The summed E-state index contributed by atoms with van der Waals surface area (Å²) < 4.78 is 5.46. The van der Waals surface area contributed by atoms with Gasteiger partial charge in [0.2, 0.25) is 0 Å². The molecule has 1 fully saturated rings. The van der Waals surface area contributed by atoms with Gasteiger partial charge in [0.15, 0.2) is 0 Å². The molecule has 1 aliphatic heterocycles. The van der Waals surface area contributed by atoms with Crippen molar-refractivity contribution in [3.8, 4) is 0 Å². The van der Waals surface area contributed by atoms with E-state index >= 15 is 0 Å². The van der Waals surface area contributed by atoms with Crippen LogP contribution in [-0.2, 0) is 6.54 Å². The highest BCUT2D eigenvalue weighted by Gasteiger charge is 2.17. The van der Waals surface area contributed by atoms with Crippen molar-refractivity contribution >= 4 is 21.7 Å². The second-order valence-electron chi connectivity index (χ2n) is 6.59. The monoisotopic (exact) mass is 308 g/mol. The van der Waals surface area contributed by atoms with E-state index in [1.165, 1.54) is 49.5 Å². The third-order valence-electron chi connectivity index (χ3n) is 4.97. The van der Waals surface area contributed by atoms with Gasteiger partial charge in [0.25, 0.3) is 0 Å². The highest BCUT2D eigenvalue weighted by molar-refractivity contribution is 6.06. The number of likely N-dealkylation sites (tertiary alicyclic amines) is 1. The lowest BCUT2D eigenvalue weighted by Gasteiger charge is -2.18. The van der Waals surface area contributed by atoms with Gasteiger partial charge in [0.05, 0.1) is 13.1 Å². The number of nitrogens with one attached hydrogen (secondary N) is 1. The van der Waals surface area contributed by atoms with Gasteiger partial charge in [-0.3, -0.25) is 0 Å². The van der Waals surface area contributed by atoms with Gasteiger partial charge in [-0.15, -0.1) is 0 Å². The molecule has 118 valence electrons. The first kappa shape index (κ1) is 14.5. The molecule has 3 heteroatoms. The maximum atomic E-state index is 12.0. The Kier molecular flexibility index (Phi) is 3.88. The third-order valence-corrected chi connectivity index (χ3v) is 4.97. The maximum Gasteiger partial charge on any atom is 0.336 e. The van der Waals surface area contributed by atoms with Crippen LogP contribution in [0, 0.1) is 0 Å². The Morgan fingerprint density at radius 2 is 1.74 bits per heavy atom. The van der Waals surface area contributed by atoms with Gasteiger partial charge in [0, 0.05) is 17.0 Å². The second-order valence-corrected chi connectivity index (χ2v) is 6.59. The summed E-state index contributed by atoms with van der Waals surface area (Å²) in [7, 11) is 0. The van der Waals surface area contributed by atoms with Crippen molar-refractivity contribution in [2.45, 2.75) is 32.2 Å². The van der Waals surface area contributed by atoms with E-state index in [1.54, 1.807) is 11.0 Å². The lowest BCUT2D eigenvalue weighted by Crippen LogP contribution is -3.10. The molecule has 0 aliphatic carbocycles. The van der Waals surface area contributed by atoms with E-state index in [-0.39, 0.29) is 5.63 Å². The first-order valence-electron chi connectivity index (χ1n) is 8.59. The van der Waals surface area contributed by atoms with Gasteiger partial charge in [-0.25, -0.2) is 4.79 Å². The molecule has 0 radical (unpaired) electrons. The summed E-state index contributed by atoms with van der Waals surface area (Å²) in [5.74, 6) is 0. The van der Waals surface area contributed by atoms with E-state index in [1.807, 2.05) is 18.2 Å². The quantitative estimate of drug-likeness (QED) is 0.583. The van der Waals surface area contributed by atoms with E-state index in [0.29, 0.717) is 5.58 Å². The molecular formula is C20H22NO2+. The summed E-state index contributed by atoms with van der Waals surface area (Å²) >= 11 is 0. The lowest BCUT2D eigenvalue weighted by molar-refractivity contribution is -0.913. The van der Waals surface area contributed by atoms with Crippen LogP contribution in [0.3, 0.4) is 0 Å². The molecule has 2 aromatic carbocycles. The second kappa shape index (κ2) is 6.17. The van der Waals surface area contributed by atoms with Crippen LogP contribution in [0.4, 0.5) is 0 Å². The van der Waals surface area contributed by atoms with E-state index in [4.69, 9.17) is 4.42 Å². The Morgan fingerprint density at radius 1 is 0.957 bits per heavy atom. The summed E-state index contributed by atoms with van der Waals surface area (Å²) in [6, 6.07) is 14.0. The fraction of sp³-hybridized carbons (Fsp3) is 0.350. The van der Waals surface area contributed by atoms with Crippen LogP contribution >= 0.6 is 0 Å². The molecule has 1 aromatic heterocycles. The minimum Gasteiger partial charge on any atom is -0.423 e. The number of hydrogen-bond donors (Lipinski definition) is 1. The predicted octanol–water partition coefficient (Wildman–Crippen LogP) is 2.91. The molecule has 0 amide bonds. The molecule has 0 bridgehead atoms. The van der Waals surface area contributed by atoms with Crippen LogP contribution in [0.25, 0.3) is 21.7 Å². The third kappa shape index (κ3) is 2.89. The van der Waals surface area contributed by atoms with Crippen molar-refractivity contribution < 1.29 is 9.32 Å². The van der Waals surface area contributed by atoms with Crippen LogP contribution in [0.15, 0.2) is 51.7 Å². The summed E-state index contributed by atoms with van der Waals surface area (Å²) in [4.78, 5) is 13.6. The van der Waals surface area contributed by atoms with Crippen molar-refractivity contribution in [3.05, 3.63) is 58.4 Å². The van der Waals surface area contributed by atoms with E-state index in [2.05, 4.69) is 18.2 Å². The summed E-state index contributed by atoms with van der Waals surface area (Å²) in [5.41, 5.74) is 1.60. The van der Waals surface area contributed by atoms with Crippen LogP contribution < -0.4 is 10.5 Å². The zero-order valence-electron chi connectivity index (χ0n) is 13.3. The zero-order valence-corrected chi connectivity index (χ0v) is 13.3. The standard InChI is InChI=1S/C20H21NO2/c22-19-13-16(14-21-11-5-1-2-6-12-21)20-17-8-4-3-7-15(17)9-10-18(20)23-19/h3-4,7-10,13H,1-2,5-6,11-12,14H2/p+1. The predicted molar refractivity (Wildman–Crippen MR) is 92.9 cm³/mol. The maximum absolute atomic E-state index is 12.0. The number of hydrogen-bond acceptors (Lipinski definition) is 2. The number of rotatable bonds is 2. The molecule has 0 unspecified atom stereocenters. The molecule has 4 rings (SSSR count). The topological polar surface area (TPSA) is 34.7 Å². The fourth-order valence-electron chi connectivity index (χ4n) is 3.83. The Hall–Kier alpha value is -2.13. The zero-order chi connectivity index (χ0) is 15.6. The number of fused-ring (bicyclic) bond motifs is 3. The van der Waals surface area contributed by atoms with Crippen LogP contribution in [0.5, 0.6) is 0 Å². The van der Waals surface area contributed by atoms with Crippen LogP contribution in [0.2, 0.25) is 0 Å². The lowest BCUT2D eigenvalue weighted by atomic mass is 10.0. The summed E-state index contributed by atoms with van der Waals surface area (Å²) in [6.07, 6.45) is 5.25. The largest absolute Gasteiger partial charge is 0.423 e. The van der Waals surface area contributed by atoms with Crippen LogP contribution in [0.1, 0.15) is 31.2 Å². The number of quaternary nitrogens is 1. The van der Waals surface area contributed by atoms with Crippen molar-refractivity contribution in [1.29, 1.82) is 0 Å². The minimum absolute atomic E-state index is 0.239. The number of benzene rings is 2. The van der Waals surface area contributed by atoms with Crippen molar-refractivity contribution in [3.63, 3.8) is 0 Å². The fourth-order valence-corrected chi connectivity index (χ4v) is 3.83. The van der Waals surface area contributed by atoms with Gasteiger partial charge in [0.1, 0.15) is 12.1 Å². The highest BCUT2D eigenvalue weighted by Crippen LogP contribution is 2.27. The first-order valence-corrected chi connectivity index (χ1v) is 8.59. The molecule has 0 saturated carbocycles. The molecule has 23 heavy (non-hydrogen) atoms. The molecule has 1 aliphatic rings. The highest BCUT2D eigenvalue weighted by atomic mass is 16.4. The van der Waals surface area contributed by atoms with E-state index in [0.717, 1.165) is 17.5 Å². The van der Waals surface area contributed by atoms with Crippen molar-refractivity contribution in [2.75, 3.05) is 13.1 Å². The van der Waals surface area contributed by atoms with Crippen molar-refractivity contribution in [2.24, 2.45) is 0 Å². The summed E-state index contributed by atoms with van der Waals surface area (Å²) in [5, 5.41) is 3.48. The Morgan fingerprint density at radius 3 is 2.57 bits per heavy atom. The molecular weight excluding hydrogens is 286 g/mol. The van der Waals surface area contributed by atoms with Gasteiger partial charge in [-0.1, -0.05) is 30.3 Å². The van der Waals surface area contributed by atoms with Crippen molar-refractivity contribution in [1.82, 2.24) is 0 Å². The van der Waals surface area contributed by atoms with Gasteiger partial charge >= 0.3 is 5.63 Å². The SMILES string of the molecule is O=c1cc(C[NH+]2CCCCCC2)c2c(ccc3ccccc32)o1. The van der Waals surface area contributed by atoms with Gasteiger partial charge in [-0.05, 0) is 42.5 Å². The molecule has 1 saturated heterocycles. The molecule has 1 N–H and O–H groups in total. The van der Waals surface area contributed by atoms with Crippen LogP contribution in [-0.4, -0.2) is 13.1 Å². The average Bonchev–Trinajstić information content (AvgIpc) is 2.83. The van der Waals surface area contributed by atoms with E-state index in [9.17, 15) is 4.79 Å². The average molecular weight is 308 g/mol. The summed E-state index contributed by atoms with van der Waals surface area (Å²) in [6.45, 7) is 3.31. The molecule has 3 nitrogen and oxygen atoms in total. The normalized spacial score (nSPS) is 16.7. The molecule has 0 atom stereocenters.